The van der Waals surface area contributed by atoms with Gasteiger partial charge in [0.05, 0.1) is 5.52 Å². The number of aromatic amines is 1. The topological polar surface area (TPSA) is 55.0 Å². The number of hydrogen-bond acceptors (Lipinski definition) is 3. The summed E-state index contributed by atoms with van der Waals surface area (Å²) in [6.45, 7) is -2.88. The van der Waals surface area contributed by atoms with Crippen LogP contribution in [0.2, 0.25) is 0 Å². The summed E-state index contributed by atoms with van der Waals surface area (Å²) >= 11 is 0. The SMILES string of the molecule is O=Cc1[nH]nc2ccc(OC(F)F)cc12. The number of nitrogens with one attached hydrogen (secondary N) is 1. The number of aromatic nitrogens is 2. The number of rotatable bonds is 3. The number of nitrogens with zero attached hydrogens (tertiary/aromatic N) is 1. The number of carbonyl (C=O) groups is 1. The Labute approximate surface area is 82.8 Å². The van der Waals surface area contributed by atoms with Crippen molar-refractivity contribution in [2.24, 2.45) is 0 Å². The van der Waals surface area contributed by atoms with Gasteiger partial charge in [0.2, 0.25) is 0 Å². The Kier molecular flexibility index (Phi) is 2.32. The summed E-state index contributed by atoms with van der Waals surface area (Å²) in [6.07, 6.45) is 0.571. The van der Waals surface area contributed by atoms with Crippen LogP contribution in [0.3, 0.4) is 0 Å². The summed E-state index contributed by atoms with van der Waals surface area (Å²) in [4.78, 5) is 10.6. The van der Waals surface area contributed by atoms with Gasteiger partial charge in [-0.05, 0) is 18.2 Å². The quantitative estimate of drug-likeness (QED) is 0.791. The summed E-state index contributed by atoms with van der Waals surface area (Å²) < 4.78 is 28.0. The first-order valence-electron chi connectivity index (χ1n) is 4.09. The molecule has 1 N–H and O–H groups in total. The number of ether oxygens (including phenoxy) is 1. The first kappa shape index (κ1) is 9.57. The second-order valence-corrected chi connectivity index (χ2v) is 2.81. The lowest BCUT2D eigenvalue weighted by molar-refractivity contribution is -0.0497. The molecule has 0 fully saturated rings. The van der Waals surface area contributed by atoms with Crippen LogP contribution in [-0.4, -0.2) is 23.1 Å². The van der Waals surface area contributed by atoms with Gasteiger partial charge in [-0.3, -0.25) is 9.89 Å². The van der Waals surface area contributed by atoms with Crippen LogP contribution in [0.25, 0.3) is 10.9 Å². The van der Waals surface area contributed by atoms with E-state index in [1.807, 2.05) is 0 Å². The maximum absolute atomic E-state index is 11.9. The fourth-order valence-corrected chi connectivity index (χ4v) is 1.28. The first-order valence-corrected chi connectivity index (χ1v) is 4.09. The minimum atomic E-state index is -2.88. The zero-order valence-electron chi connectivity index (χ0n) is 7.41. The van der Waals surface area contributed by atoms with Gasteiger partial charge in [0.25, 0.3) is 0 Å². The molecule has 0 atom stereocenters. The molecule has 15 heavy (non-hydrogen) atoms. The molecule has 2 aromatic rings. The van der Waals surface area contributed by atoms with E-state index in [9.17, 15) is 13.6 Å². The second kappa shape index (κ2) is 3.64. The van der Waals surface area contributed by atoms with E-state index < -0.39 is 6.61 Å². The molecule has 0 saturated carbocycles. The second-order valence-electron chi connectivity index (χ2n) is 2.81. The summed E-state index contributed by atoms with van der Waals surface area (Å²) in [5, 5.41) is 6.75. The third kappa shape index (κ3) is 1.78. The van der Waals surface area contributed by atoms with Crippen molar-refractivity contribution in [3.63, 3.8) is 0 Å². The fraction of sp³-hybridized carbons (Fsp3) is 0.111. The first-order chi connectivity index (χ1) is 7.20. The van der Waals surface area contributed by atoms with E-state index in [1.54, 1.807) is 0 Å². The number of H-pyrrole nitrogens is 1. The number of carbonyl (C=O) groups excluding carboxylic acids is 1. The minimum Gasteiger partial charge on any atom is -0.435 e. The van der Waals surface area contributed by atoms with Crippen molar-refractivity contribution >= 4 is 17.2 Å². The van der Waals surface area contributed by atoms with Crippen LogP contribution in [0, 0.1) is 0 Å². The molecule has 4 nitrogen and oxygen atoms in total. The van der Waals surface area contributed by atoms with Crippen LogP contribution in [0.1, 0.15) is 10.5 Å². The predicted octanol–water partition coefficient (Wildman–Crippen LogP) is 1.98. The van der Waals surface area contributed by atoms with E-state index in [1.165, 1.54) is 18.2 Å². The fourth-order valence-electron chi connectivity index (χ4n) is 1.28. The third-order valence-corrected chi connectivity index (χ3v) is 1.90. The lowest BCUT2D eigenvalue weighted by atomic mass is 10.2. The number of halogens is 2. The third-order valence-electron chi connectivity index (χ3n) is 1.90. The average Bonchev–Trinajstić information content (AvgIpc) is 2.59. The Morgan fingerprint density at radius 1 is 1.47 bits per heavy atom. The average molecular weight is 212 g/mol. The van der Waals surface area contributed by atoms with Gasteiger partial charge in [0, 0.05) is 5.39 Å². The molecule has 0 radical (unpaired) electrons. The monoisotopic (exact) mass is 212 g/mol. The molecule has 0 bridgehead atoms. The summed E-state index contributed by atoms with van der Waals surface area (Å²) in [5.74, 6) is 0.00185. The zero-order chi connectivity index (χ0) is 10.8. The lowest BCUT2D eigenvalue weighted by Crippen LogP contribution is -2.01. The van der Waals surface area contributed by atoms with Crippen molar-refractivity contribution in [1.82, 2.24) is 10.2 Å². The van der Waals surface area contributed by atoms with Crippen LogP contribution in [-0.2, 0) is 0 Å². The highest BCUT2D eigenvalue weighted by molar-refractivity contribution is 5.95. The van der Waals surface area contributed by atoms with Crippen molar-refractivity contribution in [1.29, 1.82) is 0 Å². The summed E-state index contributed by atoms with van der Waals surface area (Å²) in [5.41, 5.74) is 0.767. The van der Waals surface area contributed by atoms with E-state index in [-0.39, 0.29) is 11.4 Å². The highest BCUT2D eigenvalue weighted by Crippen LogP contribution is 2.22. The number of fused-ring (bicyclic) bond motifs is 1. The minimum absolute atomic E-state index is 0.00185. The Hall–Kier alpha value is -1.98. The molecule has 1 heterocycles. The summed E-state index contributed by atoms with van der Waals surface area (Å²) in [6, 6.07) is 4.20. The Balaban J connectivity index is 2.48. The lowest BCUT2D eigenvalue weighted by Gasteiger charge is -2.03. The van der Waals surface area contributed by atoms with Gasteiger partial charge in [0.1, 0.15) is 11.4 Å². The van der Waals surface area contributed by atoms with Gasteiger partial charge in [0.15, 0.2) is 6.29 Å². The molecule has 0 spiro atoms. The van der Waals surface area contributed by atoms with Crippen molar-refractivity contribution < 1.29 is 18.3 Å². The van der Waals surface area contributed by atoms with Gasteiger partial charge < -0.3 is 4.74 Å². The van der Waals surface area contributed by atoms with Crippen LogP contribution >= 0.6 is 0 Å². The van der Waals surface area contributed by atoms with Gasteiger partial charge in [-0.15, -0.1) is 0 Å². The molecule has 2 rings (SSSR count). The van der Waals surface area contributed by atoms with Crippen molar-refractivity contribution in [3.8, 4) is 5.75 Å². The largest absolute Gasteiger partial charge is 0.435 e. The molecule has 0 aliphatic heterocycles. The highest BCUT2D eigenvalue weighted by Gasteiger charge is 2.08. The van der Waals surface area contributed by atoms with E-state index >= 15 is 0 Å². The predicted molar refractivity (Wildman–Crippen MR) is 48.1 cm³/mol. The van der Waals surface area contributed by atoms with Crippen molar-refractivity contribution in [3.05, 3.63) is 23.9 Å². The van der Waals surface area contributed by atoms with Crippen LogP contribution < -0.4 is 4.74 Å². The van der Waals surface area contributed by atoms with Gasteiger partial charge >= 0.3 is 6.61 Å². The highest BCUT2D eigenvalue weighted by atomic mass is 19.3. The molecule has 0 saturated heterocycles. The van der Waals surface area contributed by atoms with E-state index in [4.69, 9.17) is 0 Å². The van der Waals surface area contributed by atoms with E-state index in [2.05, 4.69) is 14.9 Å². The summed E-state index contributed by atoms with van der Waals surface area (Å²) in [7, 11) is 0. The Bertz CT molecular complexity index is 496. The molecule has 0 aliphatic carbocycles. The van der Waals surface area contributed by atoms with E-state index in [0.717, 1.165) is 0 Å². The smallest absolute Gasteiger partial charge is 0.387 e. The van der Waals surface area contributed by atoms with Gasteiger partial charge in [-0.1, -0.05) is 0 Å². The molecule has 6 heteroatoms. The van der Waals surface area contributed by atoms with E-state index in [0.29, 0.717) is 17.2 Å². The molecule has 0 amide bonds. The normalized spacial score (nSPS) is 10.9. The van der Waals surface area contributed by atoms with Gasteiger partial charge in [-0.2, -0.15) is 13.9 Å². The number of hydrogen-bond donors (Lipinski definition) is 1. The van der Waals surface area contributed by atoms with Crippen molar-refractivity contribution in [2.45, 2.75) is 6.61 Å². The Morgan fingerprint density at radius 2 is 2.27 bits per heavy atom. The van der Waals surface area contributed by atoms with Crippen molar-refractivity contribution in [2.75, 3.05) is 0 Å². The number of alkyl halides is 2. The molecular weight excluding hydrogens is 206 g/mol. The number of benzene rings is 1. The molecule has 1 aromatic carbocycles. The zero-order valence-corrected chi connectivity index (χ0v) is 7.41. The van der Waals surface area contributed by atoms with Gasteiger partial charge in [-0.25, -0.2) is 0 Å². The maximum Gasteiger partial charge on any atom is 0.387 e. The molecular formula is C9H6F2N2O2. The molecule has 78 valence electrons. The number of aldehydes is 1. The van der Waals surface area contributed by atoms with Crippen LogP contribution in [0.4, 0.5) is 8.78 Å². The standard InChI is InChI=1S/C9H6F2N2O2/c10-9(11)15-5-1-2-7-6(3-5)8(4-14)13-12-7/h1-4,9H,(H,12,13). The maximum atomic E-state index is 11.9. The Morgan fingerprint density at radius 3 is 2.93 bits per heavy atom. The van der Waals surface area contributed by atoms with Crippen LogP contribution in [0.15, 0.2) is 18.2 Å². The molecule has 0 aliphatic rings. The van der Waals surface area contributed by atoms with Crippen LogP contribution in [0.5, 0.6) is 5.75 Å². The molecule has 0 unspecified atom stereocenters. The molecule has 1 aromatic heterocycles.